The normalized spacial score (nSPS) is 13.4. The van der Waals surface area contributed by atoms with Gasteiger partial charge >= 0.3 is 5.97 Å². The maximum absolute atomic E-state index is 14.3. The monoisotopic (exact) mass is 437 g/mol. The quantitative estimate of drug-likeness (QED) is 0.598. The molecule has 1 saturated carbocycles. The molecule has 1 heterocycles. The van der Waals surface area contributed by atoms with Crippen molar-refractivity contribution in [3.63, 3.8) is 0 Å². The molecule has 31 heavy (non-hydrogen) atoms. The van der Waals surface area contributed by atoms with Crippen LogP contribution in [0.4, 0.5) is 10.1 Å². The molecule has 0 bridgehead atoms. The first kappa shape index (κ1) is 20.5. The van der Waals surface area contributed by atoms with Crippen LogP contribution in [0, 0.1) is 17.1 Å². The van der Waals surface area contributed by atoms with Crippen molar-refractivity contribution in [1.29, 1.82) is 5.26 Å². The second-order valence-corrected chi connectivity index (χ2v) is 8.79. The summed E-state index contributed by atoms with van der Waals surface area (Å²) in [5.74, 6) is -2.02. The van der Waals surface area contributed by atoms with E-state index < -0.39 is 21.8 Å². The summed E-state index contributed by atoms with van der Waals surface area (Å²) in [6.45, 7) is 0. The fourth-order valence-electron chi connectivity index (χ4n) is 3.31. The minimum Gasteiger partial charge on any atom is -0.478 e. The Kier molecular flexibility index (Phi) is 5.17. The van der Waals surface area contributed by atoms with E-state index in [0.29, 0.717) is 11.3 Å². The highest BCUT2D eigenvalue weighted by molar-refractivity contribution is 7.92. The molecule has 0 amide bonds. The summed E-state index contributed by atoms with van der Waals surface area (Å²) in [6.07, 6.45) is 3.09. The van der Waals surface area contributed by atoms with Gasteiger partial charge in [0.15, 0.2) is 0 Å². The lowest BCUT2D eigenvalue weighted by molar-refractivity contribution is 0.0696. The summed E-state index contributed by atoms with van der Waals surface area (Å²) in [4.78, 5) is 15.4. The topological polar surface area (TPSA) is 120 Å². The van der Waals surface area contributed by atoms with Crippen LogP contribution in [0.25, 0.3) is 11.3 Å². The van der Waals surface area contributed by atoms with Crippen molar-refractivity contribution < 1.29 is 22.7 Å². The third kappa shape index (κ3) is 4.11. The van der Waals surface area contributed by atoms with E-state index in [1.54, 1.807) is 24.3 Å². The van der Waals surface area contributed by atoms with Gasteiger partial charge < -0.3 is 5.11 Å². The molecule has 7 nitrogen and oxygen atoms in total. The van der Waals surface area contributed by atoms with Gasteiger partial charge in [0.1, 0.15) is 11.9 Å². The van der Waals surface area contributed by atoms with Gasteiger partial charge in [0.2, 0.25) is 0 Å². The zero-order chi connectivity index (χ0) is 22.2. The molecule has 0 atom stereocenters. The Labute approximate surface area is 177 Å². The van der Waals surface area contributed by atoms with E-state index in [0.717, 1.165) is 31.0 Å². The summed E-state index contributed by atoms with van der Waals surface area (Å²) in [7, 11) is -4.25. The molecule has 9 heteroatoms. The molecule has 1 aromatic heterocycles. The molecule has 4 rings (SSSR count). The van der Waals surface area contributed by atoms with Gasteiger partial charge in [-0.15, -0.1) is 0 Å². The largest absolute Gasteiger partial charge is 0.478 e. The smallest absolute Gasteiger partial charge is 0.335 e. The standard InChI is InChI=1S/C22H16FN3O4S/c23-18-11-17(19-3-1-2-8-25-19)20(9-15(18)12-24)26-31(29,30)21-10-14(22(27)28)6-7-16(21)13-4-5-13/h1-3,6-11,13,26H,4-5H2,(H,27,28). The Morgan fingerprint density at radius 2 is 1.97 bits per heavy atom. The highest BCUT2D eigenvalue weighted by Crippen LogP contribution is 2.43. The molecule has 0 aliphatic heterocycles. The maximum atomic E-state index is 14.3. The second-order valence-electron chi connectivity index (χ2n) is 7.14. The van der Waals surface area contributed by atoms with Gasteiger partial charge in [0.05, 0.1) is 27.4 Å². The number of nitriles is 1. The fraction of sp³-hybridized carbons (Fsp3) is 0.136. The van der Waals surface area contributed by atoms with Crippen LogP contribution in [0.3, 0.4) is 0 Å². The molecule has 3 aromatic rings. The van der Waals surface area contributed by atoms with Crippen molar-refractivity contribution in [3.8, 4) is 17.3 Å². The van der Waals surface area contributed by atoms with Gasteiger partial charge in [-0.25, -0.2) is 17.6 Å². The lowest BCUT2D eigenvalue weighted by Gasteiger charge is -2.16. The number of halogens is 1. The number of pyridine rings is 1. The number of hydrogen-bond acceptors (Lipinski definition) is 5. The van der Waals surface area contributed by atoms with Gasteiger partial charge in [-0.05, 0) is 60.7 Å². The van der Waals surface area contributed by atoms with E-state index >= 15 is 0 Å². The second kappa shape index (κ2) is 7.81. The van der Waals surface area contributed by atoms with Crippen LogP contribution < -0.4 is 4.72 Å². The number of carbonyl (C=O) groups is 1. The number of nitrogens with one attached hydrogen (secondary N) is 1. The SMILES string of the molecule is N#Cc1cc(NS(=O)(=O)c2cc(C(=O)O)ccc2C2CC2)c(-c2ccccn2)cc1F. The average Bonchev–Trinajstić information content (AvgIpc) is 3.60. The highest BCUT2D eigenvalue weighted by Gasteiger charge is 2.32. The minimum absolute atomic E-state index is 0.0286. The first-order valence-electron chi connectivity index (χ1n) is 9.35. The van der Waals surface area contributed by atoms with Crippen molar-refractivity contribution in [2.24, 2.45) is 0 Å². The number of sulfonamides is 1. The maximum Gasteiger partial charge on any atom is 0.335 e. The van der Waals surface area contributed by atoms with Crippen LogP contribution in [0.5, 0.6) is 0 Å². The number of carboxylic acid groups (broad SMARTS) is 1. The molecule has 0 radical (unpaired) electrons. The third-order valence-corrected chi connectivity index (χ3v) is 6.40. The number of carboxylic acids is 1. The molecule has 1 aliphatic rings. The van der Waals surface area contributed by atoms with Gasteiger partial charge in [-0.1, -0.05) is 12.1 Å². The number of nitrogens with zero attached hydrogens (tertiary/aromatic N) is 2. The summed E-state index contributed by atoms with van der Waals surface area (Å²) in [5, 5.41) is 18.5. The van der Waals surface area contributed by atoms with Crippen LogP contribution in [0.2, 0.25) is 0 Å². The Balaban J connectivity index is 1.85. The lowest BCUT2D eigenvalue weighted by atomic mass is 10.1. The van der Waals surface area contributed by atoms with E-state index in [9.17, 15) is 28.0 Å². The first-order chi connectivity index (χ1) is 14.8. The number of benzene rings is 2. The minimum atomic E-state index is -4.25. The van der Waals surface area contributed by atoms with Crippen LogP contribution >= 0.6 is 0 Å². The van der Waals surface area contributed by atoms with E-state index in [2.05, 4.69) is 9.71 Å². The fourth-order valence-corrected chi connectivity index (χ4v) is 4.70. The van der Waals surface area contributed by atoms with Crippen LogP contribution in [-0.4, -0.2) is 24.5 Å². The molecular weight excluding hydrogens is 421 g/mol. The predicted octanol–water partition coefficient (Wildman–Crippen LogP) is 4.14. The van der Waals surface area contributed by atoms with E-state index in [4.69, 9.17) is 0 Å². The molecule has 2 N–H and O–H groups in total. The average molecular weight is 437 g/mol. The van der Waals surface area contributed by atoms with Gasteiger partial charge in [0.25, 0.3) is 10.0 Å². The van der Waals surface area contributed by atoms with Crippen molar-refractivity contribution in [2.75, 3.05) is 4.72 Å². The number of anilines is 1. The summed E-state index contributed by atoms with van der Waals surface area (Å²) in [6, 6.07) is 12.8. The van der Waals surface area contributed by atoms with Crippen LogP contribution in [0.1, 0.15) is 40.2 Å². The van der Waals surface area contributed by atoms with Crippen molar-refractivity contribution in [3.05, 3.63) is 77.2 Å². The lowest BCUT2D eigenvalue weighted by Crippen LogP contribution is -2.17. The highest BCUT2D eigenvalue weighted by atomic mass is 32.2. The summed E-state index contributed by atoms with van der Waals surface area (Å²) in [5.41, 5.74) is 0.470. The molecule has 1 aliphatic carbocycles. The Bertz CT molecular complexity index is 1330. The van der Waals surface area contributed by atoms with E-state index in [1.807, 2.05) is 0 Å². The van der Waals surface area contributed by atoms with Gasteiger partial charge in [0, 0.05) is 11.8 Å². The van der Waals surface area contributed by atoms with Crippen molar-refractivity contribution in [1.82, 2.24) is 4.98 Å². The summed E-state index contributed by atoms with van der Waals surface area (Å²) >= 11 is 0. The summed E-state index contributed by atoms with van der Waals surface area (Å²) < 4.78 is 43.3. The number of rotatable bonds is 6. The van der Waals surface area contributed by atoms with Crippen LogP contribution in [0.15, 0.2) is 59.6 Å². The van der Waals surface area contributed by atoms with Crippen LogP contribution in [-0.2, 0) is 10.0 Å². The number of hydrogen-bond donors (Lipinski definition) is 2. The Hall–Kier alpha value is -3.77. The third-order valence-electron chi connectivity index (χ3n) is 4.98. The molecular formula is C22H16FN3O4S. The Morgan fingerprint density at radius 1 is 1.19 bits per heavy atom. The van der Waals surface area contributed by atoms with Gasteiger partial charge in [-0.2, -0.15) is 5.26 Å². The predicted molar refractivity (Wildman–Crippen MR) is 111 cm³/mol. The zero-order valence-electron chi connectivity index (χ0n) is 16.0. The van der Waals surface area contributed by atoms with E-state index in [-0.39, 0.29) is 33.2 Å². The van der Waals surface area contributed by atoms with E-state index in [1.165, 1.54) is 18.3 Å². The molecule has 0 saturated heterocycles. The molecule has 0 spiro atoms. The van der Waals surface area contributed by atoms with Crippen molar-refractivity contribution in [2.45, 2.75) is 23.7 Å². The first-order valence-corrected chi connectivity index (χ1v) is 10.8. The molecule has 1 fully saturated rings. The number of aromatic carboxylic acids is 1. The molecule has 2 aromatic carbocycles. The Morgan fingerprint density at radius 3 is 2.58 bits per heavy atom. The molecule has 156 valence electrons. The van der Waals surface area contributed by atoms with Gasteiger partial charge in [-0.3, -0.25) is 9.71 Å². The zero-order valence-corrected chi connectivity index (χ0v) is 16.9. The van der Waals surface area contributed by atoms with Crippen molar-refractivity contribution >= 4 is 21.7 Å². The number of aromatic nitrogens is 1. The molecule has 0 unspecified atom stereocenters.